The van der Waals surface area contributed by atoms with E-state index in [0.29, 0.717) is 12.6 Å². The molecule has 6 nitrogen and oxygen atoms in total. The highest BCUT2D eigenvalue weighted by Crippen LogP contribution is 2.21. The fourth-order valence-corrected chi connectivity index (χ4v) is 3.24. The molecular weight excluding hydrogens is 262 g/mol. The number of ether oxygens (including phenoxy) is 1. The van der Waals surface area contributed by atoms with E-state index in [-0.39, 0.29) is 0 Å². The number of nitrogens with zero attached hydrogens (tertiary/aromatic N) is 4. The van der Waals surface area contributed by atoms with Gasteiger partial charge in [-0.2, -0.15) is 0 Å². The fourth-order valence-electron chi connectivity index (χ4n) is 2.15. The molecule has 0 amide bonds. The van der Waals surface area contributed by atoms with E-state index in [1.165, 1.54) is 0 Å². The van der Waals surface area contributed by atoms with Crippen molar-refractivity contribution in [3.05, 3.63) is 5.82 Å². The van der Waals surface area contributed by atoms with Crippen molar-refractivity contribution in [2.75, 3.05) is 38.6 Å². The van der Waals surface area contributed by atoms with Gasteiger partial charge < -0.3 is 15.0 Å². The Labute approximate surface area is 118 Å². The third kappa shape index (κ3) is 3.92. The lowest BCUT2D eigenvalue weighted by molar-refractivity contribution is 0.0410. The molecule has 2 heterocycles. The van der Waals surface area contributed by atoms with Crippen LogP contribution in [-0.4, -0.2) is 58.3 Å². The second-order valence-corrected chi connectivity index (χ2v) is 5.93. The average molecular weight is 285 g/mol. The maximum absolute atomic E-state index is 5.69. The van der Waals surface area contributed by atoms with Gasteiger partial charge in [0.15, 0.2) is 5.16 Å². The Balaban J connectivity index is 1.86. The van der Waals surface area contributed by atoms with Crippen molar-refractivity contribution in [1.82, 2.24) is 19.7 Å². The normalized spacial score (nSPS) is 17.3. The number of morpholine rings is 1. The molecule has 0 bridgehead atoms. The predicted octanol–water partition coefficient (Wildman–Crippen LogP) is 0.742. The van der Waals surface area contributed by atoms with Gasteiger partial charge in [0.25, 0.3) is 0 Å². The summed E-state index contributed by atoms with van der Waals surface area (Å²) >= 11 is 1.76. The van der Waals surface area contributed by atoms with Gasteiger partial charge in [-0.15, -0.1) is 10.2 Å². The monoisotopic (exact) mass is 285 g/mol. The molecule has 0 aromatic carbocycles. The van der Waals surface area contributed by atoms with Gasteiger partial charge in [0.2, 0.25) is 0 Å². The second kappa shape index (κ2) is 7.23. The molecule has 1 aliphatic heterocycles. The van der Waals surface area contributed by atoms with E-state index in [0.717, 1.165) is 49.6 Å². The highest BCUT2D eigenvalue weighted by atomic mass is 32.2. The second-order valence-electron chi connectivity index (χ2n) is 4.87. The molecule has 0 unspecified atom stereocenters. The Hall–Kier alpha value is -0.630. The number of rotatable bonds is 6. The fraction of sp³-hybridized carbons (Fsp3) is 0.833. The van der Waals surface area contributed by atoms with Crippen LogP contribution in [0.3, 0.4) is 0 Å². The van der Waals surface area contributed by atoms with Crippen LogP contribution in [-0.2, 0) is 11.3 Å². The minimum Gasteiger partial charge on any atom is -0.379 e. The van der Waals surface area contributed by atoms with Crippen LogP contribution in [0.1, 0.15) is 25.7 Å². The zero-order valence-electron chi connectivity index (χ0n) is 11.7. The summed E-state index contributed by atoms with van der Waals surface area (Å²) in [6.07, 6.45) is 0. The minimum atomic E-state index is 0.347. The molecule has 1 aromatic rings. The molecule has 0 aliphatic carbocycles. The first kappa shape index (κ1) is 14.8. The summed E-state index contributed by atoms with van der Waals surface area (Å²) in [7, 11) is 0. The molecule has 0 saturated carbocycles. The van der Waals surface area contributed by atoms with Crippen LogP contribution in [0.2, 0.25) is 0 Å². The van der Waals surface area contributed by atoms with E-state index in [2.05, 4.69) is 33.5 Å². The lowest BCUT2D eigenvalue weighted by Gasteiger charge is -2.26. The van der Waals surface area contributed by atoms with Crippen LogP contribution in [0.5, 0.6) is 0 Å². The smallest absolute Gasteiger partial charge is 0.191 e. The van der Waals surface area contributed by atoms with Gasteiger partial charge in [0, 0.05) is 31.4 Å². The number of nitrogens with two attached hydrogens (primary N) is 1. The van der Waals surface area contributed by atoms with Crippen molar-refractivity contribution < 1.29 is 4.74 Å². The van der Waals surface area contributed by atoms with E-state index >= 15 is 0 Å². The molecule has 0 spiro atoms. The minimum absolute atomic E-state index is 0.347. The van der Waals surface area contributed by atoms with Crippen molar-refractivity contribution in [3.8, 4) is 0 Å². The molecule has 1 aromatic heterocycles. The highest BCUT2D eigenvalue weighted by Gasteiger charge is 2.15. The number of thioether (sulfide) groups is 1. The van der Waals surface area contributed by atoms with Gasteiger partial charge in [-0.1, -0.05) is 11.8 Å². The van der Waals surface area contributed by atoms with E-state index < -0.39 is 0 Å². The molecule has 1 fully saturated rings. The molecule has 0 atom stereocenters. The third-order valence-corrected chi connectivity index (χ3v) is 4.10. The quantitative estimate of drug-likeness (QED) is 0.778. The van der Waals surface area contributed by atoms with Gasteiger partial charge in [-0.25, -0.2) is 0 Å². The van der Waals surface area contributed by atoms with Crippen LogP contribution in [0.15, 0.2) is 5.16 Å². The Morgan fingerprint density at radius 2 is 2.05 bits per heavy atom. The predicted molar refractivity (Wildman–Crippen MR) is 76.3 cm³/mol. The van der Waals surface area contributed by atoms with Crippen molar-refractivity contribution in [1.29, 1.82) is 0 Å². The van der Waals surface area contributed by atoms with Gasteiger partial charge in [-0.05, 0) is 13.8 Å². The third-order valence-electron chi connectivity index (χ3n) is 3.18. The Morgan fingerprint density at radius 1 is 1.32 bits per heavy atom. The molecule has 7 heteroatoms. The van der Waals surface area contributed by atoms with E-state index in [1.54, 1.807) is 11.8 Å². The zero-order chi connectivity index (χ0) is 13.7. The summed E-state index contributed by atoms with van der Waals surface area (Å²) in [6, 6.07) is 0.347. The zero-order valence-corrected chi connectivity index (χ0v) is 12.5. The first-order valence-electron chi connectivity index (χ1n) is 6.79. The van der Waals surface area contributed by atoms with E-state index in [9.17, 15) is 0 Å². The average Bonchev–Trinajstić information content (AvgIpc) is 2.83. The van der Waals surface area contributed by atoms with E-state index in [4.69, 9.17) is 10.5 Å². The van der Waals surface area contributed by atoms with Crippen molar-refractivity contribution >= 4 is 11.8 Å². The number of aromatic nitrogens is 3. The lowest BCUT2D eigenvalue weighted by atomic mass is 10.4. The van der Waals surface area contributed by atoms with Crippen molar-refractivity contribution in [2.24, 2.45) is 5.73 Å². The SMILES string of the molecule is CC(C)n1c(CN)nnc1SCCN1CCOCC1. The van der Waals surface area contributed by atoms with Crippen molar-refractivity contribution in [3.63, 3.8) is 0 Å². The molecule has 1 saturated heterocycles. The Bertz CT molecular complexity index is 389. The molecule has 108 valence electrons. The summed E-state index contributed by atoms with van der Waals surface area (Å²) in [4.78, 5) is 2.43. The van der Waals surface area contributed by atoms with Crippen LogP contribution >= 0.6 is 11.8 Å². The van der Waals surface area contributed by atoms with Crippen LogP contribution in [0.4, 0.5) is 0 Å². The maximum atomic E-state index is 5.69. The summed E-state index contributed by atoms with van der Waals surface area (Å²) in [5.74, 6) is 1.89. The summed E-state index contributed by atoms with van der Waals surface area (Å²) in [6.45, 7) is 9.54. The van der Waals surface area contributed by atoms with Gasteiger partial charge in [-0.3, -0.25) is 4.90 Å². The Morgan fingerprint density at radius 3 is 2.68 bits per heavy atom. The summed E-state index contributed by atoms with van der Waals surface area (Å²) in [5.41, 5.74) is 5.69. The van der Waals surface area contributed by atoms with Crippen LogP contribution in [0, 0.1) is 0 Å². The van der Waals surface area contributed by atoms with Crippen LogP contribution < -0.4 is 5.73 Å². The summed E-state index contributed by atoms with van der Waals surface area (Å²) < 4.78 is 7.47. The lowest BCUT2D eigenvalue weighted by Crippen LogP contribution is -2.37. The first-order chi connectivity index (χ1) is 9.22. The van der Waals surface area contributed by atoms with Gasteiger partial charge in [0.05, 0.1) is 19.8 Å². The van der Waals surface area contributed by atoms with Gasteiger partial charge >= 0.3 is 0 Å². The Kier molecular flexibility index (Phi) is 5.62. The molecular formula is C12H23N5OS. The molecule has 0 radical (unpaired) electrons. The molecule has 1 aliphatic rings. The number of hydrogen-bond donors (Lipinski definition) is 1. The van der Waals surface area contributed by atoms with E-state index in [1.807, 2.05) is 0 Å². The number of hydrogen-bond acceptors (Lipinski definition) is 6. The van der Waals surface area contributed by atoms with Crippen LogP contribution in [0.25, 0.3) is 0 Å². The largest absolute Gasteiger partial charge is 0.379 e. The molecule has 2 rings (SSSR count). The topological polar surface area (TPSA) is 69.2 Å². The van der Waals surface area contributed by atoms with Gasteiger partial charge in [0.1, 0.15) is 5.82 Å². The molecule has 19 heavy (non-hydrogen) atoms. The first-order valence-corrected chi connectivity index (χ1v) is 7.77. The summed E-state index contributed by atoms with van der Waals surface area (Å²) in [5, 5.41) is 9.37. The highest BCUT2D eigenvalue weighted by molar-refractivity contribution is 7.99. The maximum Gasteiger partial charge on any atom is 0.191 e. The molecule has 2 N–H and O–H groups in total. The van der Waals surface area contributed by atoms with Crippen molar-refractivity contribution in [2.45, 2.75) is 31.6 Å². The standard InChI is InChI=1S/C12H23N5OS/c1-10(2)17-11(9-13)14-15-12(17)19-8-5-16-3-6-18-7-4-16/h10H,3-9,13H2,1-2H3.